The molecule has 36 heavy (non-hydrogen) atoms. The topological polar surface area (TPSA) is 111 Å². The maximum atomic E-state index is 12.7. The number of fused-ring (bicyclic) bond motifs is 4. The van der Waals surface area contributed by atoms with Gasteiger partial charge in [0.2, 0.25) is 5.55 Å². The van der Waals surface area contributed by atoms with E-state index >= 15 is 0 Å². The van der Waals surface area contributed by atoms with E-state index in [1.165, 1.54) is 35.6 Å². The highest BCUT2D eigenvalue weighted by Gasteiger charge is 2.14. The van der Waals surface area contributed by atoms with Crippen LogP contribution in [0.25, 0.3) is 42.5 Å². The summed E-state index contributed by atoms with van der Waals surface area (Å²) in [6.45, 7) is 0. The van der Waals surface area contributed by atoms with Crippen molar-refractivity contribution < 1.29 is 14.1 Å². The third kappa shape index (κ3) is 3.87. The Labute approximate surface area is 207 Å². The van der Waals surface area contributed by atoms with E-state index < -0.39 is 10.8 Å². The molecule has 0 atom stereocenters. The van der Waals surface area contributed by atoms with Gasteiger partial charge in [-0.3, -0.25) is 14.9 Å². The van der Waals surface area contributed by atoms with Gasteiger partial charge in [-0.1, -0.05) is 42.5 Å². The van der Waals surface area contributed by atoms with Gasteiger partial charge in [0.1, 0.15) is 10.6 Å². The molecule has 2 aromatic heterocycles. The molecule has 0 unspecified atom stereocenters. The van der Waals surface area contributed by atoms with Crippen LogP contribution in [0.5, 0.6) is 0 Å². The zero-order valence-electron chi connectivity index (χ0n) is 18.5. The normalized spacial score (nSPS) is 11.8. The first kappa shape index (κ1) is 21.6. The van der Waals surface area contributed by atoms with Crippen LogP contribution >= 0.6 is 11.3 Å². The number of benzene rings is 4. The Kier molecular flexibility index (Phi) is 5.24. The summed E-state index contributed by atoms with van der Waals surface area (Å²) in [5, 5.41) is 18.9. The third-order valence-electron chi connectivity index (χ3n) is 5.78. The molecule has 0 bridgehead atoms. The molecule has 4 aromatic carbocycles. The molecule has 0 saturated heterocycles. The highest BCUT2D eigenvalue weighted by molar-refractivity contribution is 7.21. The highest BCUT2D eigenvalue weighted by atomic mass is 32.1. The van der Waals surface area contributed by atoms with Crippen molar-refractivity contribution in [3.05, 3.63) is 112 Å². The first-order valence-electron chi connectivity index (χ1n) is 11.0. The fraction of sp³-hybridized carbons (Fsp3) is 0. The summed E-state index contributed by atoms with van der Waals surface area (Å²) in [4.78, 5) is 27.8. The molecule has 1 N–H and O–H groups in total. The number of rotatable bonds is 4. The van der Waals surface area contributed by atoms with E-state index in [1.807, 2.05) is 66.7 Å². The molecule has 6 rings (SSSR count). The van der Waals surface area contributed by atoms with Gasteiger partial charge in [0, 0.05) is 23.1 Å². The standard InChI is InChI=1S/C27H16N4O4S/c32-25(17-9-12-18(13-10-17)31(33)34)29-30-26-21(27-28-22-7-3-4-8-24(22)36-27)15-20-19-6-2-1-5-16(19)11-14-23(20)35-26/h1-15H,(H,29,32)/b30-26-. The van der Waals surface area contributed by atoms with Crippen molar-refractivity contribution in [1.29, 1.82) is 0 Å². The minimum Gasteiger partial charge on any atom is -0.436 e. The zero-order valence-corrected chi connectivity index (χ0v) is 19.4. The number of thiazole rings is 1. The van der Waals surface area contributed by atoms with Crippen LogP contribution in [0.4, 0.5) is 5.69 Å². The van der Waals surface area contributed by atoms with E-state index in [-0.39, 0.29) is 16.8 Å². The number of hydrogen-bond donors (Lipinski definition) is 1. The number of nitro benzene ring substituents is 1. The summed E-state index contributed by atoms with van der Waals surface area (Å²) >= 11 is 1.51. The second-order valence-corrected chi connectivity index (χ2v) is 9.04. The Bertz CT molecular complexity index is 1840. The number of para-hydroxylation sites is 1. The molecule has 0 radical (unpaired) electrons. The molecular formula is C27H16N4O4S. The summed E-state index contributed by atoms with van der Waals surface area (Å²) in [6.07, 6.45) is 0. The SMILES string of the molecule is O=C(N/N=c1\oc2ccc3ccccc3c2cc1-c1nc2ccccc2s1)c1ccc([N+](=O)[O-])cc1. The molecule has 0 aliphatic rings. The number of hydrogen-bond acceptors (Lipinski definition) is 7. The minimum absolute atomic E-state index is 0.0987. The summed E-state index contributed by atoms with van der Waals surface area (Å²) in [6, 6.07) is 27.0. The molecule has 174 valence electrons. The number of non-ortho nitro benzene ring substituents is 1. The van der Waals surface area contributed by atoms with E-state index in [0.717, 1.165) is 26.4 Å². The monoisotopic (exact) mass is 492 g/mol. The quantitative estimate of drug-likeness (QED) is 0.184. The molecule has 0 fully saturated rings. The van der Waals surface area contributed by atoms with Crippen LogP contribution in [0.1, 0.15) is 10.4 Å². The Balaban J connectivity index is 1.50. The number of nitrogens with zero attached hydrogens (tertiary/aromatic N) is 3. The molecule has 0 spiro atoms. The number of carbonyl (C=O) groups excluding carboxylic acids is 1. The van der Waals surface area contributed by atoms with Crippen molar-refractivity contribution in [2.45, 2.75) is 0 Å². The molecule has 9 heteroatoms. The molecule has 0 aliphatic carbocycles. The largest absolute Gasteiger partial charge is 0.436 e. The van der Waals surface area contributed by atoms with Crippen molar-refractivity contribution in [1.82, 2.24) is 10.4 Å². The Morgan fingerprint density at radius 2 is 1.72 bits per heavy atom. The Morgan fingerprint density at radius 1 is 0.944 bits per heavy atom. The van der Waals surface area contributed by atoms with Gasteiger partial charge in [0.25, 0.3) is 11.6 Å². The fourth-order valence-electron chi connectivity index (χ4n) is 4.00. The van der Waals surface area contributed by atoms with Gasteiger partial charge in [-0.2, -0.15) is 0 Å². The summed E-state index contributed by atoms with van der Waals surface area (Å²) in [7, 11) is 0. The average molecular weight is 493 g/mol. The lowest BCUT2D eigenvalue weighted by molar-refractivity contribution is -0.384. The molecule has 6 aromatic rings. The van der Waals surface area contributed by atoms with Crippen molar-refractivity contribution in [2.75, 3.05) is 0 Å². The molecule has 8 nitrogen and oxygen atoms in total. The van der Waals surface area contributed by atoms with E-state index in [0.29, 0.717) is 16.2 Å². The second-order valence-electron chi connectivity index (χ2n) is 8.01. The zero-order chi connectivity index (χ0) is 24.6. The van der Waals surface area contributed by atoms with Crippen LogP contribution in [0.3, 0.4) is 0 Å². The molecular weight excluding hydrogens is 476 g/mol. The van der Waals surface area contributed by atoms with Crippen LogP contribution in [0.15, 0.2) is 101 Å². The molecule has 2 heterocycles. The van der Waals surface area contributed by atoms with E-state index in [1.54, 1.807) is 0 Å². The summed E-state index contributed by atoms with van der Waals surface area (Å²) < 4.78 is 7.20. The van der Waals surface area contributed by atoms with Gasteiger partial charge < -0.3 is 4.42 Å². The van der Waals surface area contributed by atoms with Gasteiger partial charge in [-0.25, -0.2) is 10.4 Å². The maximum Gasteiger partial charge on any atom is 0.271 e. The van der Waals surface area contributed by atoms with E-state index in [2.05, 4.69) is 10.5 Å². The highest BCUT2D eigenvalue weighted by Crippen LogP contribution is 2.32. The van der Waals surface area contributed by atoms with Gasteiger partial charge in [-0.05, 0) is 47.2 Å². The predicted molar refractivity (Wildman–Crippen MR) is 138 cm³/mol. The van der Waals surface area contributed by atoms with Gasteiger partial charge >= 0.3 is 0 Å². The number of amides is 1. The number of carbonyl (C=O) groups is 1. The molecule has 1 amide bonds. The number of nitrogens with one attached hydrogen (secondary N) is 1. The van der Waals surface area contributed by atoms with E-state index in [9.17, 15) is 14.9 Å². The smallest absolute Gasteiger partial charge is 0.271 e. The van der Waals surface area contributed by atoms with Crippen LogP contribution < -0.4 is 11.0 Å². The molecule has 0 saturated carbocycles. The van der Waals surface area contributed by atoms with Gasteiger partial charge in [-0.15, -0.1) is 16.4 Å². The van der Waals surface area contributed by atoms with Crippen molar-refractivity contribution in [2.24, 2.45) is 5.10 Å². The van der Waals surface area contributed by atoms with Crippen LogP contribution in [0, 0.1) is 10.1 Å². The Hall–Kier alpha value is -4.89. The number of aromatic nitrogens is 1. The first-order chi connectivity index (χ1) is 17.6. The van der Waals surface area contributed by atoms with Gasteiger partial charge in [0.05, 0.1) is 20.7 Å². The van der Waals surface area contributed by atoms with Crippen molar-refractivity contribution in [3.8, 4) is 10.6 Å². The lowest BCUT2D eigenvalue weighted by atomic mass is 10.0. The summed E-state index contributed by atoms with van der Waals surface area (Å²) in [5.74, 6) is -0.519. The van der Waals surface area contributed by atoms with Crippen LogP contribution in [-0.2, 0) is 0 Å². The fourth-order valence-corrected chi connectivity index (χ4v) is 4.98. The van der Waals surface area contributed by atoms with Gasteiger partial charge in [0.15, 0.2) is 0 Å². The lowest BCUT2D eigenvalue weighted by Crippen LogP contribution is -2.22. The van der Waals surface area contributed by atoms with Crippen LogP contribution in [-0.4, -0.2) is 15.8 Å². The van der Waals surface area contributed by atoms with Crippen LogP contribution in [0.2, 0.25) is 0 Å². The second kappa shape index (κ2) is 8.71. The lowest BCUT2D eigenvalue weighted by Gasteiger charge is -2.06. The minimum atomic E-state index is -0.520. The maximum absolute atomic E-state index is 12.7. The summed E-state index contributed by atoms with van der Waals surface area (Å²) in [5.41, 5.74) is 4.96. The van der Waals surface area contributed by atoms with E-state index in [4.69, 9.17) is 9.40 Å². The number of nitro groups is 1. The van der Waals surface area contributed by atoms with Crippen molar-refractivity contribution in [3.63, 3.8) is 0 Å². The average Bonchev–Trinajstić information content (AvgIpc) is 3.35. The predicted octanol–water partition coefficient (Wildman–Crippen LogP) is 6.02. The first-order valence-corrected chi connectivity index (χ1v) is 11.8. The Morgan fingerprint density at radius 3 is 2.53 bits per heavy atom. The van der Waals surface area contributed by atoms with Crippen molar-refractivity contribution >= 4 is 54.9 Å². The molecule has 0 aliphatic heterocycles. The third-order valence-corrected chi connectivity index (χ3v) is 6.85.